The van der Waals surface area contributed by atoms with Gasteiger partial charge in [-0.05, 0) is 6.42 Å². The Kier molecular flexibility index (Phi) is 7.33. The number of hydrogen-bond donors (Lipinski definition) is 0. The lowest BCUT2D eigenvalue weighted by Crippen LogP contribution is -2.32. The van der Waals surface area contributed by atoms with Crippen LogP contribution in [-0.4, -0.2) is 56.9 Å². The van der Waals surface area contributed by atoms with Crippen molar-refractivity contribution in [2.45, 2.75) is 19.0 Å². The lowest BCUT2D eigenvalue weighted by Gasteiger charge is -2.17. The number of esters is 1. The molecule has 0 bridgehead atoms. The van der Waals surface area contributed by atoms with Gasteiger partial charge in [-0.25, -0.2) is 0 Å². The molecule has 0 atom stereocenters. The number of likely N-dealkylation sites (N-methyl/N-ethyl adjacent to an activating group) is 1. The quantitative estimate of drug-likeness (QED) is 0.648. The van der Waals surface area contributed by atoms with E-state index in [9.17, 15) is 22.8 Å². The molecule has 18 heavy (non-hydrogen) atoms. The van der Waals surface area contributed by atoms with Crippen molar-refractivity contribution in [3.05, 3.63) is 0 Å². The van der Waals surface area contributed by atoms with Crippen molar-refractivity contribution in [3.8, 4) is 0 Å². The number of amides is 1. The summed E-state index contributed by atoms with van der Waals surface area (Å²) in [5.74, 6) is -0.965. The summed E-state index contributed by atoms with van der Waals surface area (Å²) in [6.07, 6.45) is -3.91. The Balaban J connectivity index is 3.73. The molecular formula is C10H16F3NO4. The Bertz CT molecular complexity index is 281. The van der Waals surface area contributed by atoms with Crippen LogP contribution in [0.15, 0.2) is 0 Å². The highest BCUT2D eigenvalue weighted by Crippen LogP contribution is 2.14. The maximum Gasteiger partial charge on any atom is 0.411 e. The number of alkyl halides is 3. The van der Waals surface area contributed by atoms with E-state index < -0.39 is 31.3 Å². The largest absolute Gasteiger partial charge is 0.469 e. The highest BCUT2D eigenvalue weighted by molar-refractivity contribution is 5.77. The average Bonchev–Trinajstić information content (AvgIpc) is 2.26. The molecule has 5 nitrogen and oxygen atoms in total. The molecule has 8 heteroatoms. The zero-order chi connectivity index (χ0) is 14.2. The van der Waals surface area contributed by atoms with Crippen molar-refractivity contribution in [1.29, 1.82) is 0 Å². The average molecular weight is 271 g/mol. The molecule has 0 saturated heterocycles. The van der Waals surface area contributed by atoms with E-state index in [1.807, 2.05) is 0 Å². The third kappa shape index (κ3) is 8.80. The van der Waals surface area contributed by atoms with Gasteiger partial charge in [0, 0.05) is 20.0 Å². The van der Waals surface area contributed by atoms with E-state index in [2.05, 4.69) is 9.47 Å². The molecule has 0 radical (unpaired) electrons. The van der Waals surface area contributed by atoms with Gasteiger partial charge in [-0.2, -0.15) is 13.2 Å². The molecule has 0 N–H and O–H groups in total. The summed E-state index contributed by atoms with van der Waals surface area (Å²) in [5.41, 5.74) is 0. The minimum atomic E-state index is -4.44. The Labute approximate surface area is 103 Å². The predicted molar refractivity (Wildman–Crippen MR) is 55.8 cm³/mol. The first-order valence-corrected chi connectivity index (χ1v) is 5.21. The summed E-state index contributed by atoms with van der Waals surface area (Å²) < 4.78 is 43.8. The van der Waals surface area contributed by atoms with Crippen molar-refractivity contribution in [1.82, 2.24) is 4.90 Å². The van der Waals surface area contributed by atoms with Gasteiger partial charge in [0.25, 0.3) is 0 Å². The molecule has 0 spiro atoms. The van der Waals surface area contributed by atoms with Crippen LogP contribution >= 0.6 is 0 Å². The zero-order valence-corrected chi connectivity index (χ0v) is 10.2. The molecule has 0 aromatic rings. The van der Waals surface area contributed by atoms with Crippen molar-refractivity contribution in [3.63, 3.8) is 0 Å². The molecule has 0 aliphatic heterocycles. The summed E-state index contributed by atoms with van der Waals surface area (Å²) in [5, 5.41) is 0. The fraction of sp³-hybridized carbons (Fsp3) is 0.800. The molecule has 0 saturated carbocycles. The maximum absolute atomic E-state index is 11.7. The fourth-order valence-corrected chi connectivity index (χ4v) is 1.05. The molecular weight excluding hydrogens is 255 g/mol. The Morgan fingerprint density at radius 2 is 1.89 bits per heavy atom. The second-order valence-electron chi connectivity index (χ2n) is 3.60. The van der Waals surface area contributed by atoms with E-state index in [1.54, 1.807) is 0 Å². The van der Waals surface area contributed by atoms with Crippen LogP contribution in [0.4, 0.5) is 13.2 Å². The van der Waals surface area contributed by atoms with Crippen LogP contribution in [0.5, 0.6) is 0 Å². The highest BCUT2D eigenvalue weighted by atomic mass is 19.4. The highest BCUT2D eigenvalue weighted by Gasteiger charge is 2.28. The van der Waals surface area contributed by atoms with E-state index in [1.165, 1.54) is 19.1 Å². The maximum atomic E-state index is 11.7. The summed E-state index contributed by atoms with van der Waals surface area (Å²) in [6.45, 7) is -1.83. The SMILES string of the molecule is COC(=O)CCCN(C)C(=O)COCC(F)(F)F. The second-order valence-corrected chi connectivity index (χ2v) is 3.60. The first-order valence-electron chi connectivity index (χ1n) is 5.21. The van der Waals surface area contributed by atoms with Gasteiger partial charge in [0.2, 0.25) is 5.91 Å². The molecule has 0 unspecified atom stereocenters. The second kappa shape index (κ2) is 7.91. The summed E-state index contributed by atoms with van der Waals surface area (Å²) in [7, 11) is 2.68. The number of carbonyl (C=O) groups is 2. The lowest BCUT2D eigenvalue weighted by atomic mass is 10.3. The van der Waals surface area contributed by atoms with E-state index in [0.29, 0.717) is 6.42 Å². The molecule has 0 fully saturated rings. The van der Waals surface area contributed by atoms with Crippen LogP contribution in [0.25, 0.3) is 0 Å². The van der Waals surface area contributed by atoms with Crippen LogP contribution in [-0.2, 0) is 19.1 Å². The molecule has 0 aromatic heterocycles. The summed E-state index contributed by atoms with van der Waals surface area (Å²) >= 11 is 0. The molecule has 0 aliphatic carbocycles. The molecule has 0 aromatic carbocycles. The molecule has 106 valence electrons. The van der Waals surface area contributed by atoms with E-state index in [4.69, 9.17) is 0 Å². The monoisotopic (exact) mass is 271 g/mol. The number of rotatable bonds is 7. The zero-order valence-electron chi connectivity index (χ0n) is 10.2. The van der Waals surface area contributed by atoms with Gasteiger partial charge >= 0.3 is 12.1 Å². The smallest absolute Gasteiger partial charge is 0.411 e. The van der Waals surface area contributed by atoms with Crippen molar-refractivity contribution >= 4 is 11.9 Å². The Morgan fingerprint density at radius 3 is 2.39 bits per heavy atom. The molecule has 0 heterocycles. The Morgan fingerprint density at radius 1 is 1.28 bits per heavy atom. The van der Waals surface area contributed by atoms with Crippen LogP contribution in [0, 0.1) is 0 Å². The first kappa shape index (κ1) is 16.7. The first-order chi connectivity index (χ1) is 8.26. The van der Waals surface area contributed by atoms with Crippen molar-refractivity contribution in [2.24, 2.45) is 0 Å². The summed E-state index contributed by atoms with van der Waals surface area (Å²) in [6, 6.07) is 0. The van der Waals surface area contributed by atoms with Crippen molar-refractivity contribution in [2.75, 3.05) is 33.9 Å². The molecule has 0 rings (SSSR count). The lowest BCUT2D eigenvalue weighted by molar-refractivity contribution is -0.177. The van der Waals surface area contributed by atoms with Crippen LogP contribution in [0.1, 0.15) is 12.8 Å². The van der Waals surface area contributed by atoms with E-state index in [-0.39, 0.29) is 13.0 Å². The van der Waals surface area contributed by atoms with Crippen LogP contribution in [0.2, 0.25) is 0 Å². The van der Waals surface area contributed by atoms with Gasteiger partial charge in [-0.15, -0.1) is 0 Å². The van der Waals surface area contributed by atoms with Crippen LogP contribution in [0.3, 0.4) is 0 Å². The molecule has 0 aliphatic rings. The van der Waals surface area contributed by atoms with Gasteiger partial charge in [-0.3, -0.25) is 9.59 Å². The van der Waals surface area contributed by atoms with E-state index in [0.717, 1.165) is 0 Å². The van der Waals surface area contributed by atoms with Crippen LogP contribution < -0.4 is 0 Å². The third-order valence-corrected chi connectivity index (χ3v) is 2.02. The number of nitrogens with zero attached hydrogens (tertiary/aromatic N) is 1. The molecule has 1 amide bonds. The predicted octanol–water partition coefficient (Wildman–Crippen LogP) is 0.977. The Hall–Kier alpha value is -1.31. The standard InChI is InChI=1S/C10H16F3NO4/c1-14(5-3-4-9(16)17-2)8(15)6-18-7-10(11,12)13/h3-7H2,1-2H3. The number of halogens is 3. The van der Waals surface area contributed by atoms with E-state index >= 15 is 0 Å². The number of carbonyl (C=O) groups excluding carboxylic acids is 2. The topological polar surface area (TPSA) is 55.8 Å². The minimum Gasteiger partial charge on any atom is -0.469 e. The van der Waals surface area contributed by atoms with Crippen molar-refractivity contribution < 1.29 is 32.2 Å². The van der Waals surface area contributed by atoms with Gasteiger partial charge in [-0.1, -0.05) is 0 Å². The van der Waals surface area contributed by atoms with Gasteiger partial charge in [0.05, 0.1) is 7.11 Å². The van der Waals surface area contributed by atoms with Gasteiger partial charge in [0.1, 0.15) is 13.2 Å². The summed E-state index contributed by atoms with van der Waals surface area (Å²) in [4.78, 5) is 23.3. The normalized spacial score (nSPS) is 11.2. The fourth-order valence-electron chi connectivity index (χ4n) is 1.05. The number of hydrogen-bond acceptors (Lipinski definition) is 4. The number of ether oxygens (including phenoxy) is 2. The number of methoxy groups -OCH3 is 1. The van der Waals surface area contributed by atoms with Gasteiger partial charge < -0.3 is 14.4 Å². The van der Waals surface area contributed by atoms with Gasteiger partial charge in [0.15, 0.2) is 0 Å². The third-order valence-electron chi connectivity index (χ3n) is 2.02. The minimum absolute atomic E-state index is 0.150.